The smallest absolute Gasteiger partial charge is 0.218 e. The van der Waals surface area contributed by atoms with E-state index in [2.05, 4.69) is 23.9 Å². The number of nitrogens with two attached hydrogens (primary N) is 1. The lowest BCUT2D eigenvalue weighted by Gasteiger charge is -2.65. The van der Waals surface area contributed by atoms with Gasteiger partial charge in [0.25, 0.3) is 0 Å². The molecule has 0 aliphatic heterocycles. The van der Waals surface area contributed by atoms with Crippen molar-refractivity contribution in [3.05, 3.63) is 5.82 Å². The zero-order chi connectivity index (χ0) is 14.2. The quantitative estimate of drug-likeness (QED) is 0.902. The van der Waals surface area contributed by atoms with Crippen LogP contribution in [0, 0.1) is 22.2 Å². The molecular weight excluding hydrogens is 248 g/mol. The third-order valence-electron chi connectivity index (χ3n) is 6.12. The summed E-state index contributed by atoms with van der Waals surface area (Å²) in [7, 11) is 1.88. The zero-order valence-electron chi connectivity index (χ0n) is 12.9. The summed E-state index contributed by atoms with van der Waals surface area (Å²) in [6, 6.07) is 0. The van der Waals surface area contributed by atoms with Crippen LogP contribution in [0.4, 0.5) is 5.95 Å². The predicted molar refractivity (Wildman–Crippen MR) is 79.0 cm³/mol. The molecule has 2 unspecified atom stereocenters. The highest BCUT2D eigenvalue weighted by atomic mass is 15.4. The van der Waals surface area contributed by atoms with Crippen LogP contribution in [-0.2, 0) is 13.5 Å². The fourth-order valence-electron chi connectivity index (χ4n) is 6.74. The predicted octanol–water partition coefficient (Wildman–Crippen LogP) is 2.94. The van der Waals surface area contributed by atoms with Crippen LogP contribution < -0.4 is 5.73 Å². The molecule has 2 atom stereocenters. The van der Waals surface area contributed by atoms with Gasteiger partial charge in [-0.3, -0.25) is 0 Å². The third-order valence-corrected chi connectivity index (χ3v) is 6.12. The molecular formula is C16H26N4. The molecule has 1 aromatic heterocycles. The van der Waals surface area contributed by atoms with Crippen LogP contribution in [0.3, 0.4) is 0 Å². The number of aryl methyl sites for hydroxylation is 1. The maximum absolute atomic E-state index is 5.85. The Labute approximate surface area is 121 Å². The monoisotopic (exact) mass is 274 g/mol. The summed E-state index contributed by atoms with van der Waals surface area (Å²) in [5.41, 5.74) is 7.42. The van der Waals surface area contributed by atoms with Gasteiger partial charge in [0.15, 0.2) is 5.82 Å². The molecule has 0 spiro atoms. The van der Waals surface area contributed by atoms with E-state index in [1.807, 2.05) is 7.05 Å². The number of nitrogen functional groups attached to an aromatic ring is 1. The minimum Gasteiger partial charge on any atom is -0.368 e. The molecule has 4 fully saturated rings. The Balaban J connectivity index is 1.67. The highest BCUT2D eigenvalue weighted by Gasteiger charge is 2.60. The Morgan fingerprint density at radius 3 is 2.30 bits per heavy atom. The minimum atomic E-state index is 0.441. The molecule has 4 saturated carbocycles. The summed E-state index contributed by atoms with van der Waals surface area (Å²) >= 11 is 0. The fourth-order valence-corrected chi connectivity index (χ4v) is 6.74. The first-order chi connectivity index (χ1) is 9.29. The van der Waals surface area contributed by atoms with Crippen LogP contribution in [0.15, 0.2) is 0 Å². The molecule has 5 rings (SSSR count). The average Bonchev–Trinajstić information content (AvgIpc) is 2.50. The van der Waals surface area contributed by atoms with Crippen molar-refractivity contribution in [3.63, 3.8) is 0 Å². The molecule has 0 radical (unpaired) electrons. The second-order valence-electron chi connectivity index (χ2n) is 8.82. The third kappa shape index (κ3) is 1.80. The van der Waals surface area contributed by atoms with E-state index in [4.69, 9.17) is 5.73 Å². The van der Waals surface area contributed by atoms with Crippen molar-refractivity contribution in [2.24, 2.45) is 29.2 Å². The standard InChI is InChI=1S/C16H26N4/c1-14-4-11-5-15(2,8-14)10-16(6-11,9-14)7-12-18-13(17)20(3)19-12/h11H,4-10H2,1-3H3,(H2,17,18,19). The maximum Gasteiger partial charge on any atom is 0.218 e. The summed E-state index contributed by atoms with van der Waals surface area (Å²) in [6.45, 7) is 5.04. The normalized spacial score (nSPS) is 46.0. The Kier molecular flexibility index (Phi) is 2.26. The summed E-state index contributed by atoms with van der Waals surface area (Å²) in [4.78, 5) is 4.46. The molecule has 0 amide bonds. The average molecular weight is 274 g/mol. The van der Waals surface area contributed by atoms with Crippen LogP contribution in [0.2, 0.25) is 0 Å². The van der Waals surface area contributed by atoms with Crippen molar-refractivity contribution in [2.45, 2.75) is 58.8 Å². The highest BCUT2D eigenvalue weighted by molar-refractivity contribution is 5.18. The van der Waals surface area contributed by atoms with E-state index < -0.39 is 0 Å². The summed E-state index contributed by atoms with van der Waals surface area (Å²) in [5, 5.41) is 4.51. The Morgan fingerprint density at radius 1 is 1.15 bits per heavy atom. The van der Waals surface area contributed by atoms with E-state index >= 15 is 0 Å². The van der Waals surface area contributed by atoms with Crippen LogP contribution >= 0.6 is 0 Å². The van der Waals surface area contributed by atoms with Crippen molar-refractivity contribution in [1.29, 1.82) is 0 Å². The van der Waals surface area contributed by atoms with E-state index in [-0.39, 0.29) is 0 Å². The molecule has 0 aromatic carbocycles. The van der Waals surface area contributed by atoms with Crippen LogP contribution in [0.25, 0.3) is 0 Å². The number of hydrogen-bond donors (Lipinski definition) is 1. The highest BCUT2D eigenvalue weighted by Crippen LogP contribution is 2.70. The van der Waals surface area contributed by atoms with E-state index in [0.29, 0.717) is 22.2 Å². The Bertz CT molecular complexity index is 523. The first kappa shape index (κ1) is 12.7. The first-order valence-corrected chi connectivity index (χ1v) is 7.94. The lowest BCUT2D eigenvalue weighted by molar-refractivity contribution is -0.144. The lowest BCUT2D eigenvalue weighted by Crippen LogP contribution is -2.55. The van der Waals surface area contributed by atoms with Gasteiger partial charge in [0.2, 0.25) is 5.95 Å². The Hall–Kier alpha value is -1.06. The van der Waals surface area contributed by atoms with Gasteiger partial charge in [-0.1, -0.05) is 13.8 Å². The molecule has 1 heterocycles. The van der Waals surface area contributed by atoms with Crippen molar-refractivity contribution < 1.29 is 0 Å². The SMILES string of the molecule is Cn1nc(CC23CC4CC(C)(CC(C)(C4)C2)C3)nc1N. The molecule has 2 N–H and O–H groups in total. The number of rotatable bonds is 2. The van der Waals surface area contributed by atoms with Gasteiger partial charge in [0.05, 0.1) is 0 Å². The molecule has 4 aliphatic rings. The molecule has 4 aliphatic carbocycles. The molecule has 4 nitrogen and oxygen atoms in total. The number of aromatic nitrogens is 3. The Morgan fingerprint density at radius 2 is 1.80 bits per heavy atom. The molecule has 4 heteroatoms. The van der Waals surface area contributed by atoms with Gasteiger partial charge < -0.3 is 5.73 Å². The summed E-state index contributed by atoms with van der Waals surface area (Å²) < 4.78 is 1.71. The largest absolute Gasteiger partial charge is 0.368 e. The van der Waals surface area contributed by atoms with Gasteiger partial charge >= 0.3 is 0 Å². The van der Waals surface area contributed by atoms with Gasteiger partial charge in [-0.15, -0.1) is 0 Å². The van der Waals surface area contributed by atoms with E-state index in [1.54, 1.807) is 4.68 Å². The maximum atomic E-state index is 5.85. The van der Waals surface area contributed by atoms with Crippen LogP contribution in [0.5, 0.6) is 0 Å². The van der Waals surface area contributed by atoms with Crippen molar-refractivity contribution >= 4 is 5.95 Å². The molecule has 110 valence electrons. The van der Waals surface area contributed by atoms with E-state index in [9.17, 15) is 0 Å². The van der Waals surface area contributed by atoms with Gasteiger partial charge in [-0.2, -0.15) is 10.1 Å². The van der Waals surface area contributed by atoms with Crippen molar-refractivity contribution in [1.82, 2.24) is 14.8 Å². The summed E-state index contributed by atoms with van der Waals surface area (Å²) in [6.07, 6.45) is 9.46. The number of nitrogens with zero attached hydrogens (tertiary/aromatic N) is 3. The molecule has 4 bridgehead atoms. The fraction of sp³-hybridized carbons (Fsp3) is 0.875. The van der Waals surface area contributed by atoms with Crippen molar-refractivity contribution in [3.8, 4) is 0 Å². The zero-order valence-corrected chi connectivity index (χ0v) is 12.9. The topological polar surface area (TPSA) is 56.7 Å². The van der Waals surface area contributed by atoms with Crippen molar-refractivity contribution in [2.75, 3.05) is 5.73 Å². The lowest BCUT2D eigenvalue weighted by atomic mass is 9.40. The van der Waals surface area contributed by atoms with Gasteiger partial charge in [0, 0.05) is 13.5 Å². The van der Waals surface area contributed by atoms with Gasteiger partial charge in [0.1, 0.15) is 0 Å². The van der Waals surface area contributed by atoms with E-state index in [0.717, 1.165) is 18.2 Å². The van der Waals surface area contributed by atoms with Gasteiger partial charge in [-0.25, -0.2) is 4.68 Å². The van der Waals surface area contributed by atoms with Crippen LogP contribution in [0.1, 0.15) is 58.2 Å². The molecule has 1 aromatic rings. The van der Waals surface area contributed by atoms with Crippen LogP contribution in [-0.4, -0.2) is 14.8 Å². The molecule has 20 heavy (non-hydrogen) atoms. The van der Waals surface area contributed by atoms with Gasteiger partial charge in [-0.05, 0) is 60.7 Å². The summed E-state index contributed by atoms with van der Waals surface area (Å²) in [5.74, 6) is 2.43. The molecule has 0 saturated heterocycles. The second-order valence-corrected chi connectivity index (χ2v) is 8.82. The van der Waals surface area contributed by atoms with E-state index in [1.165, 1.54) is 38.5 Å². The second kappa shape index (κ2) is 3.58. The number of hydrogen-bond acceptors (Lipinski definition) is 3. The minimum absolute atomic E-state index is 0.441. The first-order valence-electron chi connectivity index (χ1n) is 7.94. The number of anilines is 1.